The van der Waals surface area contributed by atoms with Crippen molar-refractivity contribution in [3.05, 3.63) is 53.9 Å². The molecule has 1 N–H and O–H groups in total. The van der Waals surface area contributed by atoms with Crippen LogP contribution in [0.2, 0.25) is 0 Å². The number of carbonyl (C=O) groups is 1. The molecule has 0 spiro atoms. The van der Waals surface area contributed by atoms with Crippen LogP contribution in [-0.4, -0.2) is 29.6 Å². The molecule has 2 fully saturated rings. The van der Waals surface area contributed by atoms with Crippen molar-refractivity contribution in [1.82, 2.24) is 9.88 Å². The number of anilines is 1. The second-order valence-electron chi connectivity index (χ2n) is 7.57. The van der Waals surface area contributed by atoms with Gasteiger partial charge in [-0.15, -0.1) is 0 Å². The Hall–Kier alpha value is -3.02. The zero-order valence-corrected chi connectivity index (χ0v) is 15.9. The van der Waals surface area contributed by atoms with E-state index in [9.17, 15) is 4.79 Å². The number of fused-ring (bicyclic) bond motifs is 1. The van der Waals surface area contributed by atoms with Crippen LogP contribution in [-0.2, 0) is 0 Å². The number of oxazole rings is 1. The Morgan fingerprint density at radius 3 is 2.93 bits per heavy atom. The Labute approximate surface area is 163 Å². The normalized spacial score (nSPS) is 19.2. The molecule has 1 saturated heterocycles. The van der Waals surface area contributed by atoms with Crippen LogP contribution in [0.4, 0.5) is 10.5 Å². The van der Waals surface area contributed by atoms with Crippen LogP contribution >= 0.6 is 0 Å². The van der Waals surface area contributed by atoms with Crippen molar-refractivity contribution >= 4 is 22.8 Å². The quantitative estimate of drug-likeness (QED) is 0.688. The van der Waals surface area contributed by atoms with Crippen molar-refractivity contribution in [2.24, 2.45) is 0 Å². The summed E-state index contributed by atoms with van der Waals surface area (Å²) in [6, 6.07) is 13.6. The van der Waals surface area contributed by atoms with Gasteiger partial charge in [0.05, 0.1) is 13.2 Å². The first kappa shape index (κ1) is 17.1. The molecule has 0 radical (unpaired) electrons. The molecule has 0 unspecified atom stereocenters. The number of nitrogens with one attached hydrogen (secondary N) is 1. The molecule has 2 amide bonds. The molecule has 1 atom stereocenters. The predicted octanol–water partition coefficient (Wildman–Crippen LogP) is 5.08. The van der Waals surface area contributed by atoms with Crippen molar-refractivity contribution in [1.29, 1.82) is 0 Å². The number of nitrogens with zero attached hydrogens (tertiary/aromatic N) is 2. The number of hydrogen-bond donors (Lipinski definition) is 1. The van der Waals surface area contributed by atoms with E-state index in [1.165, 1.54) is 0 Å². The lowest BCUT2D eigenvalue weighted by Gasteiger charge is -2.25. The maximum Gasteiger partial charge on any atom is 0.322 e. The van der Waals surface area contributed by atoms with Crippen molar-refractivity contribution in [3.8, 4) is 5.75 Å². The summed E-state index contributed by atoms with van der Waals surface area (Å²) in [5.41, 5.74) is 3.42. The highest BCUT2D eigenvalue weighted by Crippen LogP contribution is 2.41. The summed E-state index contributed by atoms with van der Waals surface area (Å²) in [5, 5.41) is 3.03. The summed E-state index contributed by atoms with van der Waals surface area (Å²) in [5.74, 6) is 2.10. The summed E-state index contributed by atoms with van der Waals surface area (Å²) in [6.45, 7) is 0.742. The van der Waals surface area contributed by atoms with Crippen molar-refractivity contribution in [3.63, 3.8) is 0 Å². The molecule has 6 heteroatoms. The fourth-order valence-corrected chi connectivity index (χ4v) is 3.93. The molecule has 2 aromatic carbocycles. The van der Waals surface area contributed by atoms with Gasteiger partial charge in [-0.3, -0.25) is 0 Å². The monoisotopic (exact) mass is 377 g/mol. The van der Waals surface area contributed by atoms with Crippen molar-refractivity contribution < 1.29 is 13.9 Å². The van der Waals surface area contributed by atoms with Gasteiger partial charge in [-0.25, -0.2) is 9.78 Å². The number of ether oxygens (including phenoxy) is 1. The van der Waals surface area contributed by atoms with Crippen molar-refractivity contribution in [2.75, 3.05) is 19.0 Å². The molecule has 0 bridgehead atoms. The van der Waals surface area contributed by atoms with E-state index < -0.39 is 0 Å². The topological polar surface area (TPSA) is 67.6 Å². The molecule has 144 valence electrons. The minimum Gasteiger partial charge on any atom is -0.497 e. The van der Waals surface area contributed by atoms with E-state index in [4.69, 9.17) is 9.15 Å². The van der Waals surface area contributed by atoms with Gasteiger partial charge in [-0.1, -0.05) is 12.1 Å². The van der Waals surface area contributed by atoms with Crippen molar-refractivity contribution in [2.45, 2.75) is 37.6 Å². The number of methoxy groups -OCH3 is 1. The number of rotatable bonds is 4. The molecule has 1 aromatic heterocycles. The lowest BCUT2D eigenvalue weighted by atomic mass is 10.0. The Morgan fingerprint density at radius 1 is 1.21 bits per heavy atom. The molecular weight excluding hydrogens is 354 g/mol. The van der Waals surface area contributed by atoms with Gasteiger partial charge in [-0.2, -0.15) is 0 Å². The average Bonchev–Trinajstić information content (AvgIpc) is 3.29. The number of amides is 2. The van der Waals surface area contributed by atoms with Gasteiger partial charge in [0.15, 0.2) is 11.5 Å². The largest absolute Gasteiger partial charge is 0.497 e. The summed E-state index contributed by atoms with van der Waals surface area (Å²) < 4.78 is 11.1. The highest BCUT2D eigenvalue weighted by Gasteiger charge is 2.31. The number of urea groups is 1. The van der Waals surface area contributed by atoms with Crippen LogP contribution in [0.15, 0.2) is 46.9 Å². The van der Waals surface area contributed by atoms with Crippen LogP contribution in [0.1, 0.15) is 49.1 Å². The average molecular weight is 377 g/mol. The highest BCUT2D eigenvalue weighted by atomic mass is 16.5. The minimum atomic E-state index is -0.0874. The third-order valence-corrected chi connectivity index (χ3v) is 5.57. The molecular formula is C22H23N3O3. The summed E-state index contributed by atoms with van der Waals surface area (Å²) in [6.07, 6.45) is 4.24. The van der Waals surface area contributed by atoms with Gasteiger partial charge in [0, 0.05) is 18.2 Å². The van der Waals surface area contributed by atoms with Crippen LogP contribution < -0.4 is 10.1 Å². The summed E-state index contributed by atoms with van der Waals surface area (Å²) >= 11 is 0. The Kier molecular flexibility index (Phi) is 4.19. The first-order valence-corrected chi connectivity index (χ1v) is 9.83. The van der Waals surface area contributed by atoms with E-state index in [0.717, 1.165) is 66.2 Å². The molecule has 28 heavy (non-hydrogen) atoms. The standard InChI is InChI=1S/C22H23N3O3/c1-27-17-5-2-4-15(12-17)19-6-3-11-25(19)22(26)23-16-9-10-20-18(13-16)24-21(28-20)14-7-8-14/h2,4-5,9-10,12-14,19H,3,6-8,11H2,1H3,(H,23,26)/t19-/m1/s1. The second kappa shape index (κ2) is 6.86. The molecule has 2 aliphatic rings. The fourth-order valence-electron chi connectivity index (χ4n) is 3.93. The number of carbonyl (C=O) groups excluding carboxylic acids is 1. The molecule has 1 saturated carbocycles. The maximum absolute atomic E-state index is 13.0. The molecule has 6 nitrogen and oxygen atoms in total. The zero-order chi connectivity index (χ0) is 19.1. The van der Waals surface area contributed by atoms with E-state index in [0.29, 0.717) is 5.92 Å². The molecule has 1 aliphatic heterocycles. The lowest BCUT2D eigenvalue weighted by Crippen LogP contribution is -2.34. The molecule has 2 heterocycles. The number of aromatic nitrogens is 1. The summed E-state index contributed by atoms with van der Waals surface area (Å²) in [7, 11) is 1.66. The number of hydrogen-bond acceptors (Lipinski definition) is 4. The van der Waals surface area contributed by atoms with Gasteiger partial charge in [0.25, 0.3) is 0 Å². The Bertz CT molecular complexity index is 1020. The first-order chi connectivity index (χ1) is 13.7. The Morgan fingerprint density at radius 2 is 2.11 bits per heavy atom. The van der Waals surface area contributed by atoms with Gasteiger partial charge >= 0.3 is 6.03 Å². The zero-order valence-electron chi connectivity index (χ0n) is 15.9. The number of benzene rings is 2. The van der Waals surface area contributed by atoms with Crippen LogP contribution in [0.5, 0.6) is 5.75 Å². The van der Waals surface area contributed by atoms with Gasteiger partial charge < -0.3 is 19.4 Å². The minimum absolute atomic E-state index is 0.0624. The van der Waals surface area contributed by atoms with Gasteiger partial charge in [-0.05, 0) is 61.6 Å². The van der Waals surface area contributed by atoms with Gasteiger partial charge in [0.1, 0.15) is 11.3 Å². The first-order valence-electron chi connectivity index (χ1n) is 9.83. The van der Waals surface area contributed by atoms with E-state index in [1.807, 2.05) is 41.3 Å². The van der Waals surface area contributed by atoms with Crippen LogP contribution in [0, 0.1) is 0 Å². The SMILES string of the molecule is COc1cccc([C@H]2CCCN2C(=O)Nc2ccc3oc(C4CC4)nc3c2)c1. The summed E-state index contributed by atoms with van der Waals surface area (Å²) in [4.78, 5) is 19.4. The predicted molar refractivity (Wildman–Crippen MR) is 107 cm³/mol. The molecule has 5 rings (SSSR count). The van der Waals surface area contributed by atoms with E-state index in [1.54, 1.807) is 7.11 Å². The highest BCUT2D eigenvalue weighted by molar-refractivity contribution is 5.92. The smallest absolute Gasteiger partial charge is 0.322 e. The maximum atomic E-state index is 13.0. The third-order valence-electron chi connectivity index (χ3n) is 5.57. The van der Waals surface area contributed by atoms with Crippen LogP contribution in [0.25, 0.3) is 11.1 Å². The van der Waals surface area contributed by atoms with E-state index >= 15 is 0 Å². The molecule has 3 aromatic rings. The van der Waals surface area contributed by atoms with Gasteiger partial charge in [0.2, 0.25) is 0 Å². The van der Waals surface area contributed by atoms with Crippen LogP contribution in [0.3, 0.4) is 0 Å². The fraction of sp³-hybridized carbons (Fsp3) is 0.364. The lowest BCUT2D eigenvalue weighted by molar-refractivity contribution is 0.207. The van der Waals surface area contributed by atoms with E-state index in [-0.39, 0.29) is 12.1 Å². The molecule has 1 aliphatic carbocycles. The van der Waals surface area contributed by atoms with E-state index in [2.05, 4.69) is 16.4 Å². The Balaban J connectivity index is 1.34. The third kappa shape index (κ3) is 3.19. The second-order valence-corrected chi connectivity index (χ2v) is 7.57. The number of likely N-dealkylation sites (tertiary alicyclic amines) is 1.